The first-order chi connectivity index (χ1) is 8.06. The number of fused-ring (bicyclic) bond motifs is 1. The molecule has 5 nitrogen and oxygen atoms in total. The highest BCUT2D eigenvalue weighted by molar-refractivity contribution is 7.89. The Labute approximate surface area is 100 Å². The zero-order valence-corrected chi connectivity index (χ0v) is 10.3. The number of hydrogen-bond acceptors (Lipinski definition) is 3. The van der Waals surface area contributed by atoms with Crippen LogP contribution in [0.25, 0.3) is 0 Å². The van der Waals surface area contributed by atoms with Crippen molar-refractivity contribution in [3.63, 3.8) is 0 Å². The molecule has 1 aromatic rings. The Bertz CT molecular complexity index is 540. The molecular formula is C11H14N2O3S. The summed E-state index contributed by atoms with van der Waals surface area (Å²) in [6.07, 6.45) is 1.52. The molecule has 92 valence electrons. The number of sulfonamides is 1. The molecule has 1 heterocycles. The lowest BCUT2D eigenvalue weighted by molar-refractivity contribution is -0.118. The van der Waals surface area contributed by atoms with Crippen LogP contribution in [0.2, 0.25) is 0 Å². The lowest BCUT2D eigenvalue weighted by atomic mass is 10.0. The first-order valence-electron chi connectivity index (χ1n) is 5.31. The Hall–Kier alpha value is -1.40. The highest BCUT2D eigenvalue weighted by atomic mass is 32.2. The molecule has 1 aromatic carbocycles. The quantitative estimate of drug-likeness (QED) is 0.778. The van der Waals surface area contributed by atoms with Gasteiger partial charge in [0, 0.05) is 13.1 Å². The van der Waals surface area contributed by atoms with E-state index in [4.69, 9.17) is 0 Å². The maximum atomic E-state index is 11.6. The maximum absolute atomic E-state index is 11.6. The summed E-state index contributed by atoms with van der Waals surface area (Å²) >= 11 is 0. The van der Waals surface area contributed by atoms with Gasteiger partial charge < -0.3 is 4.90 Å². The lowest BCUT2D eigenvalue weighted by Gasteiger charge is -2.25. The van der Waals surface area contributed by atoms with Crippen LogP contribution in [0.1, 0.15) is 11.1 Å². The third-order valence-corrected chi connectivity index (χ3v) is 4.36. The van der Waals surface area contributed by atoms with E-state index >= 15 is 0 Å². The molecule has 1 amide bonds. The van der Waals surface area contributed by atoms with Gasteiger partial charge in [-0.3, -0.25) is 4.79 Å². The normalized spacial score (nSPS) is 15.5. The monoisotopic (exact) mass is 254 g/mol. The van der Waals surface area contributed by atoms with Gasteiger partial charge in [0.05, 0.1) is 4.90 Å². The Kier molecular flexibility index (Phi) is 3.17. The zero-order chi connectivity index (χ0) is 12.5. The number of carbonyl (C=O) groups excluding carboxylic acids is 1. The van der Waals surface area contributed by atoms with E-state index in [-0.39, 0.29) is 4.90 Å². The van der Waals surface area contributed by atoms with Crippen LogP contribution in [-0.4, -0.2) is 33.3 Å². The predicted molar refractivity (Wildman–Crippen MR) is 62.9 cm³/mol. The number of nitrogens with zero attached hydrogens (tertiary/aromatic N) is 1. The average molecular weight is 254 g/mol. The van der Waals surface area contributed by atoms with Gasteiger partial charge in [-0.05, 0) is 36.7 Å². The molecule has 0 radical (unpaired) electrons. The minimum Gasteiger partial charge on any atom is -0.341 e. The average Bonchev–Trinajstić information content (AvgIpc) is 2.37. The van der Waals surface area contributed by atoms with Crippen molar-refractivity contribution in [2.24, 2.45) is 0 Å². The van der Waals surface area contributed by atoms with Crippen molar-refractivity contribution in [2.75, 3.05) is 13.6 Å². The molecule has 0 aliphatic carbocycles. The molecule has 6 heteroatoms. The van der Waals surface area contributed by atoms with Crippen molar-refractivity contribution < 1.29 is 13.2 Å². The zero-order valence-electron chi connectivity index (χ0n) is 9.51. The van der Waals surface area contributed by atoms with Gasteiger partial charge in [0.25, 0.3) is 0 Å². The molecule has 0 aromatic heterocycles. The number of benzene rings is 1. The van der Waals surface area contributed by atoms with Crippen molar-refractivity contribution in [3.8, 4) is 0 Å². The van der Waals surface area contributed by atoms with Gasteiger partial charge >= 0.3 is 0 Å². The van der Waals surface area contributed by atoms with Crippen molar-refractivity contribution in [1.29, 1.82) is 0 Å². The molecule has 0 atom stereocenters. The molecule has 17 heavy (non-hydrogen) atoms. The Balaban J connectivity index is 2.37. The van der Waals surface area contributed by atoms with E-state index in [1.807, 2.05) is 0 Å². The molecule has 1 aliphatic heterocycles. The summed E-state index contributed by atoms with van der Waals surface area (Å²) < 4.78 is 25.5. The standard InChI is InChI=1S/C11H14N2O3S/c1-12-17(15,16)11-3-2-10-7-13(8-14)5-4-9(10)6-11/h2-3,6,8,12H,4-5,7H2,1H3. The van der Waals surface area contributed by atoms with Crippen LogP contribution in [-0.2, 0) is 27.8 Å². The largest absolute Gasteiger partial charge is 0.341 e. The Morgan fingerprint density at radius 1 is 1.35 bits per heavy atom. The van der Waals surface area contributed by atoms with Crippen LogP contribution in [0.3, 0.4) is 0 Å². The maximum Gasteiger partial charge on any atom is 0.240 e. The molecule has 0 bridgehead atoms. The van der Waals surface area contributed by atoms with Gasteiger partial charge in [-0.25, -0.2) is 13.1 Å². The van der Waals surface area contributed by atoms with Crippen molar-refractivity contribution >= 4 is 16.4 Å². The first-order valence-corrected chi connectivity index (χ1v) is 6.80. The molecule has 2 rings (SSSR count). The van der Waals surface area contributed by atoms with E-state index in [0.29, 0.717) is 19.5 Å². The molecule has 0 saturated carbocycles. The molecular weight excluding hydrogens is 240 g/mol. The summed E-state index contributed by atoms with van der Waals surface area (Å²) in [4.78, 5) is 12.6. The number of rotatable bonds is 3. The van der Waals surface area contributed by atoms with Gasteiger partial charge in [0.2, 0.25) is 16.4 Å². The van der Waals surface area contributed by atoms with Crippen LogP contribution in [0, 0.1) is 0 Å². The number of nitrogens with one attached hydrogen (secondary N) is 1. The summed E-state index contributed by atoms with van der Waals surface area (Å²) in [5.41, 5.74) is 2.01. The van der Waals surface area contributed by atoms with E-state index in [0.717, 1.165) is 17.5 Å². The van der Waals surface area contributed by atoms with Crippen molar-refractivity contribution in [1.82, 2.24) is 9.62 Å². The smallest absolute Gasteiger partial charge is 0.240 e. The molecule has 1 aliphatic rings. The van der Waals surface area contributed by atoms with E-state index in [2.05, 4.69) is 4.72 Å². The van der Waals surface area contributed by atoms with Gasteiger partial charge in [0.15, 0.2) is 0 Å². The number of amides is 1. The predicted octanol–water partition coefficient (Wildman–Crippen LogP) is 0.109. The Morgan fingerprint density at radius 2 is 2.12 bits per heavy atom. The SMILES string of the molecule is CNS(=O)(=O)c1ccc2c(c1)CCN(C=O)C2. The highest BCUT2D eigenvalue weighted by Crippen LogP contribution is 2.21. The van der Waals surface area contributed by atoms with Gasteiger partial charge in [-0.15, -0.1) is 0 Å². The van der Waals surface area contributed by atoms with Crippen LogP contribution < -0.4 is 4.72 Å². The third kappa shape index (κ3) is 2.32. The summed E-state index contributed by atoms with van der Waals surface area (Å²) in [6, 6.07) is 5.03. The fraction of sp³-hybridized carbons (Fsp3) is 0.364. The van der Waals surface area contributed by atoms with Crippen LogP contribution in [0.5, 0.6) is 0 Å². The van der Waals surface area contributed by atoms with Crippen LogP contribution >= 0.6 is 0 Å². The van der Waals surface area contributed by atoms with Gasteiger partial charge in [-0.1, -0.05) is 6.07 Å². The van der Waals surface area contributed by atoms with Crippen LogP contribution in [0.15, 0.2) is 23.1 Å². The second kappa shape index (κ2) is 4.46. The fourth-order valence-electron chi connectivity index (χ4n) is 1.93. The summed E-state index contributed by atoms with van der Waals surface area (Å²) in [6.45, 7) is 1.19. The highest BCUT2D eigenvalue weighted by Gasteiger charge is 2.18. The summed E-state index contributed by atoms with van der Waals surface area (Å²) in [7, 11) is -1.99. The summed E-state index contributed by atoms with van der Waals surface area (Å²) in [5, 5.41) is 0. The van der Waals surface area contributed by atoms with Crippen molar-refractivity contribution in [2.45, 2.75) is 17.9 Å². The molecule has 0 fully saturated rings. The second-order valence-corrected chi connectivity index (χ2v) is 5.85. The molecule has 0 saturated heterocycles. The molecule has 1 N–H and O–H groups in total. The van der Waals surface area contributed by atoms with E-state index in [1.54, 1.807) is 23.1 Å². The summed E-state index contributed by atoms with van der Waals surface area (Å²) in [5.74, 6) is 0. The van der Waals surface area contributed by atoms with Crippen molar-refractivity contribution in [3.05, 3.63) is 29.3 Å². The second-order valence-electron chi connectivity index (χ2n) is 3.96. The minimum atomic E-state index is -3.38. The fourth-order valence-corrected chi connectivity index (χ4v) is 2.71. The van der Waals surface area contributed by atoms with Crippen LogP contribution in [0.4, 0.5) is 0 Å². The molecule has 0 spiro atoms. The van der Waals surface area contributed by atoms with E-state index in [1.165, 1.54) is 7.05 Å². The molecule has 0 unspecified atom stereocenters. The number of carbonyl (C=O) groups is 1. The minimum absolute atomic E-state index is 0.276. The third-order valence-electron chi connectivity index (χ3n) is 2.95. The first kappa shape index (κ1) is 12.1. The number of hydrogen-bond donors (Lipinski definition) is 1. The van der Waals surface area contributed by atoms with E-state index in [9.17, 15) is 13.2 Å². The van der Waals surface area contributed by atoms with Gasteiger partial charge in [0.1, 0.15) is 0 Å². The van der Waals surface area contributed by atoms with E-state index < -0.39 is 10.0 Å². The Morgan fingerprint density at radius 3 is 2.76 bits per heavy atom. The van der Waals surface area contributed by atoms with Gasteiger partial charge in [-0.2, -0.15) is 0 Å². The topological polar surface area (TPSA) is 66.5 Å². The lowest BCUT2D eigenvalue weighted by Crippen LogP contribution is -2.29.